The summed E-state index contributed by atoms with van der Waals surface area (Å²) in [5.41, 5.74) is 3.99. The Morgan fingerprint density at radius 2 is 2.03 bits per heavy atom. The number of nitrogens with zero attached hydrogens (tertiary/aromatic N) is 2. The number of aromatic nitrogens is 2. The van der Waals surface area contributed by atoms with Crippen molar-refractivity contribution in [2.75, 3.05) is 10.6 Å². The third-order valence-electron chi connectivity index (χ3n) is 5.11. The Kier molecular flexibility index (Phi) is 5.67. The summed E-state index contributed by atoms with van der Waals surface area (Å²) in [6, 6.07) is 7.80. The number of amides is 2. The molecular weight excluding hydrogens is 400 g/mol. The van der Waals surface area contributed by atoms with E-state index in [0.29, 0.717) is 16.5 Å². The smallest absolute Gasteiger partial charge is 0.411 e. The zero-order chi connectivity index (χ0) is 21.3. The molecule has 7 nitrogen and oxygen atoms in total. The van der Waals surface area contributed by atoms with E-state index < -0.39 is 6.09 Å². The summed E-state index contributed by atoms with van der Waals surface area (Å²) in [5.74, 6) is 0.195. The second kappa shape index (κ2) is 8.39. The molecule has 0 saturated heterocycles. The number of benzene rings is 1. The fourth-order valence-corrected chi connectivity index (χ4v) is 3.84. The maximum Gasteiger partial charge on any atom is 0.411 e. The van der Waals surface area contributed by atoms with Gasteiger partial charge in [0.05, 0.1) is 21.6 Å². The molecule has 2 amide bonds. The summed E-state index contributed by atoms with van der Waals surface area (Å²) >= 11 is 1.45. The highest BCUT2D eigenvalue weighted by Gasteiger charge is 2.30. The number of pyridine rings is 1. The number of aryl methyl sites for hydroxylation is 1. The fourth-order valence-electron chi connectivity index (χ4n) is 2.93. The maximum atomic E-state index is 12.1. The lowest BCUT2D eigenvalue weighted by molar-refractivity contribution is -0.117. The van der Waals surface area contributed by atoms with E-state index in [4.69, 9.17) is 4.74 Å². The van der Waals surface area contributed by atoms with Crippen molar-refractivity contribution in [3.8, 4) is 11.1 Å². The number of ether oxygens (including phenoxy) is 1. The third-order valence-corrected chi connectivity index (χ3v) is 6.04. The SMILES string of the molecule is CCC(C)OC(=O)Nc1cc(-c2ccc3nc(NC(=O)C4CC4)sc3c2)cnc1C. The Balaban J connectivity index is 1.55. The first-order valence-corrected chi connectivity index (χ1v) is 10.9. The molecule has 1 aromatic carbocycles. The summed E-state index contributed by atoms with van der Waals surface area (Å²) in [5, 5.41) is 6.31. The second-order valence-corrected chi connectivity index (χ2v) is 8.60. The molecule has 1 unspecified atom stereocenters. The molecule has 1 aliphatic rings. The lowest BCUT2D eigenvalue weighted by Gasteiger charge is -2.13. The third kappa shape index (κ3) is 4.59. The van der Waals surface area contributed by atoms with E-state index in [9.17, 15) is 9.59 Å². The van der Waals surface area contributed by atoms with Crippen LogP contribution in [0.1, 0.15) is 38.8 Å². The molecular formula is C22H24N4O3S. The summed E-state index contributed by atoms with van der Waals surface area (Å²) in [7, 11) is 0. The lowest BCUT2D eigenvalue weighted by Crippen LogP contribution is -2.20. The monoisotopic (exact) mass is 424 g/mol. The van der Waals surface area contributed by atoms with E-state index in [0.717, 1.165) is 40.6 Å². The van der Waals surface area contributed by atoms with Crippen LogP contribution in [0.4, 0.5) is 15.6 Å². The highest BCUT2D eigenvalue weighted by Crippen LogP contribution is 2.34. The first-order chi connectivity index (χ1) is 14.4. The minimum Gasteiger partial charge on any atom is -0.446 e. The van der Waals surface area contributed by atoms with Crippen LogP contribution < -0.4 is 10.6 Å². The number of fused-ring (bicyclic) bond motifs is 1. The van der Waals surface area contributed by atoms with Crippen molar-refractivity contribution < 1.29 is 14.3 Å². The molecule has 2 N–H and O–H groups in total. The largest absolute Gasteiger partial charge is 0.446 e. The average molecular weight is 425 g/mol. The highest BCUT2D eigenvalue weighted by molar-refractivity contribution is 7.22. The van der Waals surface area contributed by atoms with Gasteiger partial charge in [0.1, 0.15) is 6.10 Å². The van der Waals surface area contributed by atoms with E-state index >= 15 is 0 Å². The minimum atomic E-state index is -0.486. The van der Waals surface area contributed by atoms with Crippen LogP contribution in [-0.2, 0) is 9.53 Å². The molecule has 4 rings (SSSR count). The number of rotatable bonds is 6. The quantitative estimate of drug-likeness (QED) is 0.555. The van der Waals surface area contributed by atoms with Crippen LogP contribution in [0.5, 0.6) is 0 Å². The Morgan fingerprint density at radius 1 is 1.23 bits per heavy atom. The van der Waals surface area contributed by atoms with Gasteiger partial charge in [0.25, 0.3) is 0 Å². The molecule has 1 saturated carbocycles. The van der Waals surface area contributed by atoms with Crippen LogP contribution >= 0.6 is 11.3 Å². The summed E-state index contributed by atoms with van der Waals surface area (Å²) in [4.78, 5) is 33.0. The second-order valence-electron chi connectivity index (χ2n) is 7.57. The normalized spacial score (nSPS) is 14.4. The van der Waals surface area contributed by atoms with Gasteiger partial charge in [-0.3, -0.25) is 15.1 Å². The molecule has 0 spiro atoms. The van der Waals surface area contributed by atoms with Gasteiger partial charge in [0, 0.05) is 17.7 Å². The van der Waals surface area contributed by atoms with Gasteiger partial charge in [-0.2, -0.15) is 0 Å². The van der Waals surface area contributed by atoms with E-state index in [1.54, 1.807) is 6.20 Å². The van der Waals surface area contributed by atoms with E-state index in [1.807, 2.05) is 45.0 Å². The van der Waals surface area contributed by atoms with Crippen LogP contribution in [0.15, 0.2) is 30.5 Å². The van der Waals surface area contributed by atoms with Crippen LogP contribution in [-0.4, -0.2) is 28.1 Å². The summed E-state index contributed by atoms with van der Waals surface area (Å²) < 4.78 is 6.28. The first kappa shape index (κ1) is 20.3. The molecule has 1 fully saturated rings. The molecule has 3 aromatic rings. The number of hydrogen-bond donors (Lipinski definition) is 2. The van der Waals surface area contributed by atoms with Crippen molar-refractivity contribution in [3.05, 3.63) is 36.2 Å². The van der Waals surface area contributed by atoms with Gasteiger partial charge in [-0.1, -0.05) is 24.3 Å². The Morgan fingerprint density at radius 3 is 2.77 bits per heavy atom. The predicted molar refractivity (Wildman–Crippen MR) is 119 cm³/mol. The van der Waals surface area contributed by atoms with Crippen molar-refractivity contribution in [3.63, 3.8) is 0 Å². The standard InChI is InChI=1S/C22H24N4O3S/c1-4-12(2)29-22(28)25-18-9-16(11-23-13(18)3)15-7-8-17-19(10-15)30-21(24-17)26-20(27)14-5-6-14/h7-12,14H,4-6H2,1-3H3,(H,25,28)(H,24,26,27). The van der Waals surface area contributed by atoms with E-state index in [1.165, 1.54) is 11.3 Å². The lowest BCUT2D eigenvalue weighted by atomic mass is 10.1. The molecule has 1 aliphatic carbocycles. The number of thiazole rings is 1. The number of anilines is 2. The molecule has 2 heterocycles. The number of carbonyl (C=O) groups excluding carboxylic acids is 2. The van der Waals surface area contributed by atoms with Crippen molar-refractivity contribution in [1.29, 1.82) is 0 Å². The molecule has 30 heavy (non-hydrogen) atoms. The van der Waals surface area contributed by atoms with Gasteiger partial charge in [0.2, 0.25) is 5.91 Å². The van der Waals surface area contributed by atoms with Gasteiger partial charge < -0.3 is 10.1 Å². The van der Waals surface area contributed by atoms with Gasteiger partial charge in [-0.15, -0.1) is 0 Å². The molecule has 8 heteroatoms. The van der Waals surface area contributed by atoms with Gasteiger partial charge >= 0.3 is 6.09 Å². The maximum absolute atomic E-state index is 12.1. The van der Waals surface area contributed by atoms with Crippen LogP contribution in [0, 0.1) is 12.8 Å². The van der Waals surface area contributed by atoms with E-state index in [2.05, 4.69) is 20.6 Å². The zero-order valence-corrected chi connectivity index (χ0v) is 18.0. The topological polar surface area (TPSA) is 93.2 Å². The predicted octanol–water partition coefficient (Wildman–Crippen LogP) is 5.36. The van der Waals surface area contributed by atoms with Gasteiger partial charge in [-0.25, -0.2) is 9.78 Å². The first-order valence-electron chi connectivity index (χ1n) is 10.1. The molecule has 1 atom stereocenters. The number of hydrogen-bond acceptors (Lipinski definition) is 6. The highest BCUT2D eigenvalue weighted by atomic mass is 32.1. The molecule has 156 valence electrons. The Bertz CT molecular complexity index is 1110. The molecule has 0 aliphatic heterocycles. The van der Waals surface area contributed by atoms with Crippen molar-refractivity contribution >= 4 is 44.4 Å². The van der Waals surface area contributed by atoms with Crippen LogP contribution in [0.25, 0.3) is 21.3 Å². The molecule has 2 aromatic heterocycles. The summed E-state index contributed by atoms with van der Waals surface area (Å²) in [6.07, 6.45) is 3.82. The van der Waals surface area contributed by atoms with Gasteiger partial charge in [0.15, 0.2) is 5.13 Å². The minimum absolute atomic E-state index is 0.0528. The van der Waals surface area contributed by atoms with Crippen LogP contribution in [0.3, 0.4) is 0 Å². The van der Waals surface area contributed by atoms with Crippen molar-refractivity contribution in [2.24, 2.45) is 5.92 Å². The van der Waals surface area contributed by atoms with Crippen molar-refractivity contribution in [1.82, 2.24) is 9.97 Å². The fraction of sp³-hybridized carbons (Fsp3) is 0.364. The Labute approximate surface area is 178 Å². The number of carbonyl (C=O) groups is 2. The molecule has 0 radical (unpaired) electrons. The Hall–Kier alpha value is -3.00. The van der Waals surface area contributed by atoms with E-state index in [-0.39, 0.29) is 17.9 Å². The van der Waals surface area contributed by atoms with Gasteiger partial charge in [-0.05, 0) is 56.9 Å². The number of nitrogens with one attached hydrogen (secondary N) is 2. The van der Waals surface area contributed by atoms with Crippen molar-refractivity contribution in [2.45, 2.75) is 46.1 Å². The zero-order valence-electron chi connectivity index (χ0n) is 17.2. The summed E-state index contributed by atoms with van der Waals surface area (Å²) in [6.45, 7) is 5.65. The molecule has 0 bridgehead atoms. The van der Waals surface area contributed by atoms with Crippen LogP contribution in [0.2, 0.25) is 0 Å². The average Bonchev–Trinajstić information content (AvgIpc) is 3.49.